The van der Waals surface area contributed by atoms with Crippen LogP contribution in [0.1, 0.15) is 37.5 Å². The van der Waals surface area contributed by atoms with Crippen LogP contribution < -0.4 is 20.1 Å². The minimum absolute atomic E-state index is 0.162. The molecule has 0 aromatic heterocycles. The van der Waals surface area contributed by atoms with Gasteiger partial charge in [-0.2, -0.15) is 0 Å². The number of carbonyl (C=O) groups is 3. The lowest BCUT2D eigenvalue weighted by Crippen LogP contribution is -2.46. The van der Waals surface area contributed by atoms with E-state index in [9.17, 15) is 14.4 Å². The van der Waals surface area contributed by atoms with E-state index in [2.05, 4.69) is 10.6 Å². The largest absolute Gasteiger partial charge is 0.454 e. The summed E-state index contributed by atoms with van der Waals surface area (Å²) in [6.07, 6.45) is 1.80. The van der Waals surface area contributed by atoms with Crippen LogP contribution in [0, 0.1) is 0 Å². The van der Waals surface area contributed by atoms with Gasteiger partial charge in [-0.1, -0.05) is 38.1 Å². The summed E-state index contributed by atoms with van der Waals surface area (Å²) >= 11 is 0. The Morgan fingerprint density at radius 2 is 1.78 bits per heavy atom. The molecule has 4 rings (SSSR count). The van der Waals surface area contributed by atoms with Crippen LogP contribution in [-0.2, 0) is 28.9 Å². The smallest absolute Gasteiger partial charge is 0.325 e. The van der Waals surface area contributed by atoms with Gasteiger partial charge in [-0.15, -0.1) is 0 Å². The van der Waals surface area contributed by atoms with E-state index in [-0.39, 0.29) is 19.8 Å². The number of nitrogens with zero attached hydrogens (tertiary/aromatic N) is 1. The average molecular weight is 437 g/mol. The second-order valence-electron chi connectivity index (χ2n) is 8.22. The summed E-state index contributed by atoms with van der Waals surface area (Å²) in [7, 11) is 0. The molecule has 1 atom stereocenters. The fourth-order valence-corrected chi connectivity index (χ4v) is 4.20. The maximum atomic E-state index is 13.1. The maximum absolute atomic E-state index is 13.1. The molecule has 2 aromatic carbocycles. The number of carbonyl (C=O) groups excluding carboxylic acids is 3. The molecule has 0 spiro atoms. The van der Waals surface area contributed by atoms with Gasteiger partial charge in [0.25, 0.3) is 5.91 Å². The van der Waals surface area contributed by atoms with Crippen LogP contribution in [0.15, 0.2) is 36.4 Å². The number of ether oxygens (including phenoxy) is 2. The van der Waals surface area contributed by atoms with Gasteiger partial charge in [-0.3, -0.25) is 14.5 Å². The first-order valence-corrected chi connectivity index (χ1v) is 10.8. The van der Waals surface area contributed by atoms with E-state index < -0.39 is 23.4 Å². The van der Waals surface area contributed by atoms with Crippen LogP contribution in [-0.4, -0.2) is 41.6 Å². The monoisotopic (exact) mass is 437 g/mol. The topological polar surface area (TPSA) is 97.0 Å². The highest BCUT2D eigenvalue weighted by Crippen LogP contribution is 2.34. The van der Waals surface area contributed by atoms with E-state index in [4.69, 9.17) is 9.47 Å². The van der Waals surface area contributed by atoms with Gasteiger partial charge in [-0.05, 0) is 48.6 Å². The van der Waals surface area contributed by atoms with Crippen molar-refractivity contribution in [3.63, 3.8) is 0 Å². The van der Waals surface area contributed by atoms with Crippen LogP contribution >= 0.6 is 0 Å². The molecule has 2 aromatic rings. The number of anilines is 1. The van der Waals surface area contributed by atoms with Crippen molar-refractivity contribution in [1.82, 2.24) is 10.2 Å². The van der Waals surface area contributed by atoms with Gasteiger partial charge in [0, 0.05) is 12.1 Å². The number of urea groups is 1. The summed E-state index contributed by atoms with van der Waals surface area (Å²) in [5.74, 6) is 0.421. The van der Waals surface area contributed by atoms with Crippen molar-refractivity contribution in [3.05, 3.63) is 53.1 Å². The first-order valence-electron chi connectivity index (χ1n) is 10.8. The number of rotatable bonds is 7. The van der Waals surface area contributed by atoms with Crippen molar-refractivity contribution in [2.24, 2.45) is 0 Å². The van der Waals surface area contributed by atoms with Crippen molar-refractivity contribution >= 4 is 23.5 Å². The fraction of sp³-hybridized carbons (Fsp3) is 0.375. The molecule has 0 radical (unpaired) electrons. The summed E-state index contributed by atoms with van der Waals surface area (Å²) in [5.41, 5.74) is 2.46. The third-order valence-electron chi connectivity index (χ3n) is 5.90. The van der Waals surface area contributed by atoms with Crippen molar-refractivity contribution in [2.45, 2.75) is 45.6 Å². The first-order chi connectivity index (χ1) is 15.3. The molecule has 2 aliphatic heterocycles. The molecule has 0 bridgehead atoms. The molecule has 1 fully saturated rings. The Bertz CT molecular complexity index is 1060. The Labute approximate surface area is 186 Å². The van der Waals surface area contributed by atoms with Crippen molar-refractivity contribution in [3.8, 4) is 11.5 Å². The zero-order valence-electron chi connectivity index (χ0n) is 18.5. The number of aryl methyl sites for hydroxylation is 2. The average Bonchev–Trinajstić information content (AvgIpc) is 3.31. The Morgan fingerprint density at radius 3 is 2.47 bits per heavy atom. The van der Waals surface area contributed by atoms with Gasteiger partial charge >= 0.3 is 6.03 Å². The van der Waals surface area contributed by atoms with E-state index >= 15 is 0 Å². The predicted octanol–water partition coefficient (Wildman–Crippen LogP) is 3.03. The quantitative estimate of drug-likeness (QED) is 0.649. The molecule has 4 amide bonds. The van der Waals surface area contributed by atoms with Crippen molar-refractivity contribution in [2.75, 3.05) is 18.7 Å². The third kappa shape index (κ3) is 4.00. The van der Waals surface area contributed by atoms with Gasteiger partial charge in [0.2, 0.25) is 12.7 Å². The molecule has 8 nitrogen and oxygen atoms in total. The van der Waals surface area contributed by atoms with Crippen LogP contribution in [0.3, 0.4) is 0 Å². The minimum atomic E-state index is -1.15. The number of hydrogen-bond donors (Lipinski definition) is 2. The van der Waals surface area contributed by atoms with E-state index in [1.807, 2.05) is 38.1 Å². The zero-order valence-corrected chi connectivity index (χ0v) is 18.5. The number of fused-ring (bicyclic) bond motifs is 1. The molecule has 1 saturated heterocycles. The number of imide groups is 1. The lowest BCUT2D eigenvalue weighted by molar-refractivity contribution is -0.133. The second-order valence-corrected chi connectivity index (χ2v) is 8.22. The lowest BCUT2D eigenvalue weighted by atomic mass is 9.92. The van der Waals surface area contributed by atoms with Gasteiger partial charge in [0.1, 0.15) is 12.1 Å². The fourth-order valence-electron chi connectivity index (χ4n) is 4.20. The molecule has 1 unspecified atom stereocenters. The number of benzene rings is 2. The third-order valence-corrected chi connectivity index (χ3v) is 5.90. The molecule has 168 valence electrons. The van der Waals surface area contributed by atoms with Gasteiger partial charge in [0.05, 0.1) is 0 Å². The molecule has 32 heavy (non-hydrogen) atoms. The molecule has 2 N–H and O–H groups in total. The van der Waals surface area contributed by atoms with E-state index in [1.165, 1.54) is 0 Å². The second kappa shape index (κ2) is 8.53. The van der Waals surface area contributed by atoms with Crippen LogP contribution in [0.2, 0.25) is 0 Å². The normalized spacial score (nSPS) is 19.3. The highest BCUT2D eigenvalue weighted by Gasteiger charge is 2.48. The number of para-hydroxylation sites is 1. The standard InChI is InChI=1S/C24H27N3O5/c1-4-16-7-6-8-17(5-2)21(16)25-20(28)13-27-22(29)24(3,26-23(27)30)12-15-9-10-18-19(11-15)32-14-31-18/h6-11H,4-5,12-14H2,1-3H3,(H,25,28)(H,26,30). The maximum Gasteiger partial charge on any atom is 0.325 e. The van der Waals surface area contributed by atoms with Gasteiger partial charge < -0.3 is 20.1 Å². The highest BCUT2D eigenvalue weighted by molar-refractivity contribution is 6.10. The van der Waals surface area contributed by atoms with E-state index in [0.29, 0.717) is 11.5 Å². The Balaban J connectivity index is 1.47. The van der Waals surface area contributed by atoms with Crippen LogP contribution in [0.4, 0.5) is 10.5 Å². The number of hydrogen-bond acceptors (Lipinski definition) is 5. The van der Waals surface area contributed by atoms with E-state index in [1.54, 1.807) is 19.1 Å². The number of nitrogens with one attached hydrogen (secondary N) is 2. The summed E-state index contributed by atoms with van der Waals surface area (Å²) < 4.78 is 10.7. The molecule has 0 aliphatic carbocycles. The molecular formula is C24H27N3O5. The predicted molar refractivity (Wildman–Crippen MR) is 119 cm³/mol. The summed E-state index contributed by atoms with van der Waals surface area (Å²) in [6.45, 7) is 5.52. The lowest BCUT2D eigenvalue weighted by Gasteiger charge is -2.22. The van der Waals surface area contributed by atoms with Crippen molar-refractivity contribution in [1.29, 1.82) is 0 Å². The number of amides is 4. The van der Waals surface area contributed by atoms with E-state index in [0.717, 1.165) is 40.1 Å². The Morgan fingerprint density at radius 1 is 1.09 bits per heavy atom. The van der Waals surface area contributed by atoms with Crippen molar-refractivity contribution < 1.29 is 23.9 Å². The minimum Gasteiger partial charge on any atom is -0.454 e. The Hall–Kier alpha value is -3.55. The first kappa shape index (κ1) is 21.7. The SMILES string of the molecule is CCc1cccc(CC)c1NC(=O)CN1C(=O)NC(C)(Cc2ccc3c(c2)OCO3)C1=O. The van der Waals surface area contributed by atoms with Crippen LogP contribution in [0.25, 0.3) is 0 Å². The zero-order chi connectivity index (χ0) is 22.9. The molecule has 0 saturated carbocycles. The highest BCUT2D eigenvalue weighted by atomic mass is 16.7. The molecular weight excluding hydrogens is 410 g/mol. The summed E-state index contributed by atoms with van der Waals surface area (Å²) in [5, 5.41) is 5.66. The Kier molecular flexibility index (Phi) is 5.78. The van der Waals surface area contributed by atoms with Crippen LogP contribution in [0.5, 0.6) is 11.5 Å². The molecule has 2 heterocycles. The van der Waals surface area contributed by atoms with Gasteiger partial charge in [-0.25, -0.2) is 4.79 Å². The summed E-state index contributed by atoms with van der Waals surface area (Å²) in [6, 6.07) is 10.7. The summed E-state index contributed by atoms with van der Waals surface area (Å²) in [4.78, 5) is 39.5. The molecule has 2 aliphatic rings. The molecule has 8 heteroatoms. The van der Waals surface area contributed by atoms with Gasteiger partial charge in [0.15, 0.2) is 11.5 Å².